The summed E-state index contributed by atoms with van der Waals surface area (Å²) >= 11 is 0. The van der Waals surface area contributed by atoms with Crippen molar-refractivity contribution in [2.24, 2.45) is 4.99 Å². The number of nitrogens with one attached hydrogen (secondary N) is 2. The van der Waals surface area contributed by atoms with E-state index in [1.54, 1.807) is 0 Å². The first-order valence-electron chi connectivity index (χ1n) is 8.81. The van der Waals surface area contributed by atoms with Gasteiger partial charge < -0.3 is 15.4 Å². The van der Waals surface area contributed by atoms with Crippen LogP contribution in [-0.2, 0) is 9.53 Å². The molecule has 0 fully saturated rings. The van der Waals surface area contributed by atoms with E-state index in [2.05, 4.69) is 58.5 Å². The molecule has 5 nitrogen and oxygen atoms in total. The van der Waals surface area contributed by atoms with Crippen molar-refractivity contribution in [2.75, 3.05) is 26.7 Å². The van der Waals surface area contributed by atoms with Gasteiger partial charge >= 0.3 is 5.97 Å². The zero-order chi connectivity index (χ0) is 17.6. The van der Waals surface area contributed by atoms with Gasteiger partial charge in [0, 0.05) is 32.0 Å². The number of esters is 1. The van der Waals surface area contributed by atoms with Crippen molar-refractivity contribution in [1.82, 2.24) is 10.6 Å². The van der Waals surface area contributed by atoms with Gasteiger partial charge in [-0.3, -0.25) is 9.79 Å². The Kier molecular flexibility index (Phi) is 10.3. The third kappa shape index (κ3) is 8.56. The topological polar surface area (TPSA) is 62.7 Å². The molecule has 134 valence electrons. The Labute approximate surface area is 145 Å². The monoisotopic (exact) mass is 333 g/mol. The molecule has 0 aliphatic carbocycles. The molecule has 1 atom stereocenters. The molecule has 0 heterocycles. The molecule has 2 N–H and O–H groups in total. The molecule has 1 aromatic rings. The Morgan fingerprint density at radius 2 is 1.92 bits per heavy atom. The van der Waals surface area contributed by atoms with E-state index in [-0.39, 0.29) is 5.97 Å². The number of hydrogen-bond acceptors (Lipinski definition) is 3. The molecular weight excluding hydrogens is 302 g/mol. The number of nitrogens with zero attached hydrogens (tertiary/aromatic N) is 1. The molecule has 1 aromatic carbocycles. The van der Waals surface area contributed by atoms with Crippen molar-refractivity contribution in [1.29, 1.82) is 0 Å². The third-order valence-corrected chi connectivity index (χ3v) is 3.81. The Morgan fingerprint density at radius 3 is 2.58 bits per heavy atom. The maximum atomic E-state index is 11.0. The Balaban J connectivity index is 2.31. The molecule has 0 saturated carbocycles. The highest BCUT2D eigenvalue weighted by Crippen LogP contribution is 2.14. The number of benzene rings is 1. The molecule has 1 unspecified atom stereocenters. The summed E-state index contributed by atoms with van der Waals surface area (Å²) < 4.78 is 4.63. The van der Waals surface area contributed by atoms with Gasteiger partial charge in [0.25, 0.3) is 0 Å². The van der Waals surface area contributed by atoms with Gasteiger partial charge in [0.1, 0.15) is 0 Å². The van der Waals surface area contributed by atoms with Crippen molar-refractivity contribution in [2.45, 2.75) is 45.4 Å². The predicted octanol–water partition coefficient (Wildman–Crippen LogP) is 3.08. The second-order valence-electron chi connectivity index (χ2n) is 5.84. The molecule has 0 radical (unpaired) electrons. The van der Waals surface area contributed by atoms with Gasteiger partial charge in [0.05, 0.1) is 7.11 Å². The fraction of sp³-hybridized carbons (Fsp3) is 0.579. The molecule has 1 rings (SSSR count). The first-order chi connectivity index (χ1) is 11.7. The van der Waals surface area contributed by atoms with Gasteiger partial charge in [-0.05, 0) is 25.3 Å². The van der Waals surface area contributed by atoms with E-state index in [1.165, 1.54) is 12.7 Å². The normalized spacial score (nSPS) is 12.5. The first kappa shape index (κ1) is 20.0. The van der Waals surface area contributed by atoms with Crippen LogP contribution >= 0.6 is 0 Å². The van der Waals surface area contributed by atoms with Crippen LogP contribution in [0.4, 0.5) is 0 Å². The van der Waals surface area contributed by atoms with Crippen LogP contribution in [-0.4, -0.2) is 38.7 Å². The summed E-state index contributed by atoms with van der Waals surface area (Å²) in [4.78, 5) is 15.7. The van der Waals surface area contributed by atoms with E-state index in [0.29, 0.717) is 12.3 Å². The molecule has 0 bridgehead atoms. The van der Waals surface area contributed by atoms with Crippen LogP contribution in [0.15, 0.2) is 35.3 Å². The van der Waals surface area contributed by atoms with Gasteiger partial charge in [-0.25, -0.2) is 0 Å². The van der Waals surface area contributed by atoms with Crippen molar-refractivity contribution in [3.05, 3.63) is 35.9 Å². The van der Waals surface area contributed by atoms with Crippen molar-refractivity contribution >= 4 is 11.9 Å². The van der Waals surface area contributed by atoms with Crippen molar-refractivity contribution in [3.8, 4) is 0 Å². The lowest BCUT2D eigenvalue weighted by Gasteiger charge is -2.13. The predicted molar refractivity (Wildman–Crippen MR) is 99.3 cm³/mol. The molecule has 0 amide bonds. The minimum atomic E-state index is -0.132. The summed E-state index contributed by atoms with van der Waals surface area (Å²) in [6.45, 7) is 6.70. The van der Waals surface area contributed by atoms with Crippen LogP contribution < -0.4 is 10.6 Å². The second-order valence-corrected chi connectivity index (χ2v) is 5.84. The van der Waals surface area contributed by atoms with E-state index >= 15 is 0 Å². The molecular formula is C19H31N3O2. The number of unbranched alkanes of at least 4 members (excludes halogenated alkanes) is 2. The highest BCUT2D eigenvalue weighted by Gasteiger charge is 2.05. The number of guanidine groups is 1. The van der Waals surface area contributed by atoms with Crippen LogP contribution in [0.3, 0.4) is 0 Å². The zero-order valence-corrected chi connectivity index (χ0v) is 15.2. The SMILES string of the molecule is CCNC(=NCC(C)c1ccccc1)NCCCCCC(=O)OC. The lowest BCUT2D eigenvalue weighted by molar-refractivity contribution is -0.140. The van der Waals surface area contributed by atoms with Gasteiger partial charge in [0.2, 0.25) is 0 Å². The molecule has 0 aliphatic rings. The van der Waals surface area contributed by atoms with Crippen molar-refractivity contribution < 1.29 is 9.53 Å². The van der Waals surface area contributed by atoms with Crippen LogP contribution in [0, 0.1) is 0 Å². The van der Waals surface area contributed by atoms with E-state index in [0.717, 1.165) is 44.9 Å². The summed E-state index contributed by atoms with van der Waals surface area (Å²) in [6.07, 6.45) is 3.38. The van der Waals surface area contributed by atoms with Gasteiger partial charge in [0.15, 0.2) is 5.96 Å². The standard InChI is InChI=1S/C19H31N3O2/c1-4-20-19(21-14-10-6-9-13-18(23)24-3)22-15-16(2)17-11-7-5-8-12-17/h5,7-8,11-12,16H,4,6,9-10,13-15H2,1-3H3,(H2,20,21,22). The fourth-order valence-electron chi connectivity index (χ4n) is 2.34. The maximum absolute atomic E-state index is 11.0. The van der Waals surface area contributed by atoms with E-state index in [9.17, 15) is 4.79 Å². The Hall–Kier alpha value is -2.04. The largest absolute Gasteiger partial charge is 0.469 e. The second kappa shape index (κ2) is 12.4. The van der Waals surface area contributed by atoms with Crippen LogP contribution in [0.1, 0.15) is 51.0 Å². The number of carbonyl (C=O) groups is 1. The molecule has 0 aromatic heterocycles. The molecule has 0 aliphatic heterocycles. The number of hydrogen-bond donors (Lipinski definition) is 2. The average Bonchev–Trinajstić information content (AvgIpc) is 2.62. The first-order valence-corrected chi connectivity index (χ1v) is 8.81. The number of methoxy groups -OCH3 is 1. The smallest absolute Gasteiger partial charge is 0.305 e. The lowest BCUT2D eigenvalue weighted by Crippen LogP contribution is -2.38. The summed E-state index contributed by atoms with van der Waals surface area (Å²) in [7, 11) is 1.43. The van der Waals surface area contributed by atoms with E-state index in [1.807, 2.05) is 6.07 Å². The highest BCUT2D eigenvalue weighted by atomic mass is 16.5. The number of aliphatic imine (C=N–C) groups is 1. The van der Waals surface area contributed by atoms with Crippen LogP contribution in [0.25, 0.3) is 0 Å². The average molecular weight is 333 g/mol. The quantitative estimate of drug-likeness (QED) is 0.299. The summed E-state index contributed by atoms with van der Waals surface area (Å²) in [6, 6.07) is 10.4. The number of rotatable bonds is 10. The Bertz CT molecular complexity index is 489. The summed E-state index contributed by atoms with van der Waals surface area (Å²) in [5.74, 6) is 1.11. The maximum Gasteiger partial charge on any atom is 0.305 e. The van der Waals surface area contributed by atoms with Crippen LogP contribution in [0.2, 0.25) is 0 Å². The van der Waals surface area contributed by atoms with Gasteiger partial charge in [-0.1, -0.05) is 43.7 Å². The summed E-state index contributed by atoms with van der Waals surface area (Å²) in [5, 5.41) is 6.62. The molecule has 0 spiro atoms. The molecule has 5 heteroatoms. The van der Waals surface area contributed by atoms with Gasteiger partial charge in [-0.2, -0.15) is 0 Å². The fourth-order valence-corrected chi connectivity index (χ4v) is 2.34. The third-order valence-electron chi connectivity index (χ3n) is 3.81. The number of carbonyl (C=O) groups excluding carboxylic acids is 1. The minimum absolute atomic E-state index is 0.132. The highest BCUT2D eigenvalue weighted by molar-refractivity contribution is 5.79. The molecule has 0 saturated heterocycles. The van der Waals surface area contributed by atoms with Gasteiger partial charge in [-0.15, -0.1) is 0 Å². The van der Waals surface area contributed by atoms with Crippen LogP contribution in [0.5, 0.6) is 0 Å². The van der Waals surface area contributed by atoms with E-state index in [4.69, 9.17) is 0 Å². The Morgan fingerprint density at radius 1 is 1.17 bits per heavy atom. The van der Waals surface area contributed by atoms with E-state index < -0.39 is 0 Å². The number of ether oxygens (including phenoxy) is 1. The molecule has 24 heavy (non-hydrogen) atoms. The lowest BCUT2D eigenvalue weighted by atomic mass is 10.0. The van der Waals surface area contributed by atoms with Crippen molar-refractivity contribution in [3.63, 3.8) is 0 Å². The minimum Gasteiger partial charge on any atom is -0.469 e. The summed E-state index contributed by atoms with van der Waals surface area (Å²) in [5.41, 5.74) is 1.31. The zero-order valence-electron chi connectivity index (χ0n) is 15.2.